The number of esters is 2. The molecule has 0 aromatic heterocycles. The molecule has 0 aliphatic rings. The number of aliphatic hydroxyl groups excluding tert-OH is 1. The lowest BCUT2D eigenvalue weighted by Crippen LogP contribution is -2.28. The maximum absolute atomic E-state index is 12.1. The number of ether oxygens (including phenoxy) is 2. The predicted octanol–water partition coefficient (Wildman–Crippen LogP) is 11.7. The van der Waals surface area contributed by atoms with Crippen molar-refractivity contribution in [1.29, 1.82) is 0 Å². The van der Waals surface area contributed by atoms with Crippen molar-refractivity contribution >= 4 is 11.9 Å². The van der Waals surface area contributed by atoms with Crippen molar-refractivity contribution in [3.05, 3.63) is 12.2 Å². The van der Waals surface area contributed by atoms with Crippen LogP contribution in [0.5, 0.6) is 0 Å². The maximum atomic E-state index is 12.1. The molecule has 0 aromatic carbocycles. The predicted molar refractivity (Wildman–Crippen MR) is 187 cm³/mol. The molecule has 1 atom stereocenters. The number of allylic oxidation sites excluding steroid dienone is 2. The van der Waals surface area contributed by atoms with Crippen molar-refractivity contribution in [2.24, 2.45) is 0 Å². The minimum atomic E-state index is -0.767. The monoisotopic (exact) mass is 623 g/mol. The van der Waals surface area contributed by atoms with Crippen LogP contribution in [0.3, 0.4) is 0 Å². The van der Waals surface area contributed by atoms with Crippen molar-refractivity contribution < 1.29 is 24.2 Å². The first-order chi connectivity index (χ1) is 21.6. The molecule has 0 radical (unpaired) electrons. The Bertz CT molecular complexity index is 632. The van der Waals surface area contributed by atoms with Crippen molar-refractivity contribution in [3.8, 4) is 0 Å². The van der Waals surface area contributed by atoms with E-state index in [0.29, 0.717) is 12.8 Å². The lowest BCUT2D eigenvalue weighted by Gasteiger charge is -2.15. The van der Waals surface area contributed by atoms with E-state index in [1.807, 2.05) is 0 Å². The van der Waals surface area contributed by atoms with Gasteiger partial charge in [0.15, 0.2) is 6.10 Å². The molecule has 5 nitrogen and oxygen atoms in total. The van der Waals surface area contributed by atoms with Crippen molar-refractivity contribution in [2.75, 3.05) is 13.2 Å². The van der Waals surface area contributed by atoms with Crippen LogP contribution in [0.25, 0.3) is 0 Å². The van der Waals surface area contributed by atoms with Crippen LogP contribution < -0.4 is 0 Å². The Morgan fingerprint density at radius 3 is 1.27 bits per heavy atom. The van der Waals surface area contributed by atoms with Gasteiger partial charge in [0.25, 0.3) is 0 Å². The van der Waals surface area contributed by atoms with E-state index < -0.39 is 6.10 Å². The Kier molecular flexibility index (Phi) is 35.0. The molecule has 0 rings (SSSR count). The number of rotatable bonds is 35. The van der Waals surface area contributed by atoms with Gasteiger partial charge in [0.2, 0.25) is 0 Å². The average Bonchev–Trinajstić information content (AvgIpc) is 3.02. The number of unbranched alkanes of at least 4 members (excludes halogenated alkanes) is 25. The fraction of sp³-hybridized carbons (Fsp3) is 0.897. The van der Waals surface area contributed by atoms with Gasteiger partial charge in [-0.1, -0.05) is 167 Å². The van der Waals surface area contributed by atoms with E-state index in [1.54, 1.807) is 0 Å². The zero-order valence-electron chi connectivity index (χ0n) is 29.4. The van der Waals surface area contributed by atoms with Crippen molar-refractivity contribution in [2.45, 2.75) is 213 Å². The fourth-order valence-electron chi connectivity index (χ4n) is 5.61. The minimum absolute atomic E-state index is 0.0647. The second kappa shape index (κ2) is 36.1. The molecule has 0 bridgehead atoms. The Morgan fingerprint density at radius 1 is 0.500 bits per heavy atom. The summed E-state index contributed by atoms with van der Waals surface area (Å²) in [5.41, 5.74) is 0. The van der Waals surface area contributed by atoms with Crippen molar-refractivity contribution in [3.63, 3.8) is 0 Å². The summed E-state index contributed by atoms with van der Waals surface area (Å²) in [5, 5.41) is 9.53. The third kappa shape index (κ3) is 33.5. The highest BCUT2D eigenvalue weighted by atomic mass is 16.6. The second-order valence-corrected chi connectivity index (χ2v) is 13.0. The van der Waals surface area contributed by atoms with Crippen LogP contribution in [0, 0.1) is 0 Å². The Morgan fingerprint density at radius 2 is 0.841 bits per heavy atom. The molecule has 0 fully saturated rings. The molecule has 0 unspecified atom stereocenters. The molecule has 0 aliphatic heterocycles. The molecule has 0 saturated carbocycles. The van der Waals surface area contributed by atoms with Crippen LogP contribution in [0.15, 0.2) is 12.2 Å². The van der Waals surface area contributed by atoms with E-state index in [-0.39, 0.29) is 25.2 Å². The molecule has 0 aliphatic carbocycles. The highest BCUT2D eigenvalue weighted by molar-refractivity contribution is 5.70. The molecule has 44 heavy (non-hydrogen) atoms. The molecule has 260 valence electrons. The maximum Gasteiger partial charge on any atom is 0.306 e. The van der Waals surface area contributed by atoms with Gasteiger partial charge >= 0.3 is 11.9 Å². The number of hydrogen-bond donors (Lipinski definition) is 1. The van der Waals surface area contributed by atoms with E-state index in [9.17, 15) is 14.7 Å². The summed E-state index contributed by atoms with van der Waals surface area (Å²) < 4.78 is 10.6. The van der Waals surface area contributed by atoms with Crippen molar-refractivity contribution in [1.82, 2.24) is 0 Å². The first kappa shape index (κ1) is 42.6. The SMILES string of the molecule is CCCCC/C=C/CCCCCCCC(=O)OC[C@H](CO)OC(=O)CCCCCCCCCCCCCCCCCCCC. The van der Waals surface area contributed by atoms with Gasteiger partial charge in [-0.15, -0.1) is 0 Å². The summed E-state index contributed by atoms with van der Waals surface area (Å²) in [5.74, 6) is -0.592. The standard InChI is InChI=1S/C39H74O5/c1-3-5-7-9-11-13-15-17-18-19-20-21-22-24-26-28-30-32-34-39(42)44-37(35-40)36-43-38(41)33-31-29-27-25-23-16-14-12-10-8-6-4-2/h12,14,37,40H,3-11,13,15-36H2,1-2H3/b14-12+/t37-/m0/s1. The van der Waals surface area contributed by atoms with Gasteiger partial charge in [0, 0.05) is 12.8 Å². The number of carbonyl (C=O) groups is 2. The summed E-state index contributed by atoms with van der Waals surface area (Å²) in [4.78, 5) is 24.2. The summed E-state index contributed by atoms with van der Waals surface area (Å²) in [6.07, 6.45) is 39.8. The van der Waals surface area contributed by atoms with Crippen LogP contribution in [0.1, 0.15) is 206 Å². The summed E-state index contributed by atoms with van der Waals surface area (Å²) >= 11 is 0. The molecule has 0 heterocycles. The normalized spacial score (nSPS) is 12.2. The van der Waals surface area contributed by atoms with Gasteiger partial charge in [-0.05, 0) is 38.5 Å². The van der Waals surface area contributed by atoms with E-state index >= 15 is 0 Å². The Balaban J connectivity index is 3.51. The molecule has 0 spiro atoms. The number of hydrogen-bond acceptors (Lipinski definition) is 5. The highest BCUT2D eigenvalue weighted by Gasteiger charge is 2.16. The highest BCUT2D eigenvalue weighted by Crippen LogP contribution is 2.15. The van der Waals surface area contributed by atoms with Crippen LogP contribution in [-0.4, -0.2) is 36.4 Å². The Labute approximate surface area is 273 Å². The van der Waals surface area contributed by atoms with Crippen LogP contribution in [-0.2, 0) is 19.1 Å². The largest absolute Gasteiger partial charge is 0.462 e. The zero-order chi connectivity index (χ0) is 32.2. The molecule has 0 amide bonds. The average molecular weight is 623 g/mol. The van der Waals surface area contributed by atoms with Gasteiger partial charge < -0.3 is 14.6 Å². The van der Waals surface area contributed by atoms with Gasteiger partial charge in [0.05, 0.1) is 6.61 Å². The molecular weight excluding hydrogens is 548 g/mol. The van der Waals surface area contributed by atoms with E-state index in [4.69, 9.17) is 9.47 Å². The van der Waals surface area contributed by atoms with Gasteiger partial charge in [-0.3, -0.25) is 9.59 Å². The zero-order valence-corrected chi connectivity index (χ0v) is 29.4. The third-order valence-electron chi connectivity index (χ3n) is 8.56. The minimum Gasteiger partial charge on any atom is -0.462 e. The quantitative estimate of drug-likeness (QED) is 0.0432. The lowest BCUT2D eigenvalue weighted by molar-refractivity contribution is -0.161. The number of carbonyl (C=O) groups excluding carboxylic acids is 2. The Hall–Kier alpha value is -1.36. The topological polar surface area (TPSA) is 72.8 Å². The first-order valence-corrected chi connectivity index (χ1v) is 19.2. The van der Waals surface area contributed by atoms with Crippen LogP contribution >= 0.6 is 0 Å². The smallest absolute Gasteiger partial charge is 0.306 e. The van der Waals surface area contributed by atoms with E-state index in [1.165, 1.54) is 135 Å². The second-order valence-electron chi connectivity index (χ2n) is 13.0. The van der Waals surface area contributed by atoms with Crippen LogP contribution in [0.4, 0.5) is 0 Å². The van der Waals surface area contributed by atoms with E-state index in [2.05, 4.69) is 26.0 Å². The van der Waals surface area contributed by atoms with Gasteiger partial charge in [-0.2, -0.15) is 0 Å². The van der Waals surface area contributed by atoms with Gasteiger partial charge in [0.1, 0.15) is 6.61 Å². The summed E-state index contributed by atoms with van der Waals surface area (Å²) in [7, 11) is 0. The number of aliphatic hydroxyl groups is 1. The molecule has 0 saturated heterocycles. The third-order valence-corrected chi connectivity index (χ3v) is 8.56. The van der Waals surface area contributed by atoms with E-state index in [0.717, 1.165) is 44.9 Å². The van der Waals surface area contributed by atoms with Gasteiger partial charge in [-0.25, -0.2) is 0 Å². The fourth-order valence-corrected chi connectivity index (χ4v) is 5.61. The first-order valence-electron chi connectivity index (χ1n) is 19.2. The summed E-state index contributed by atoms with van der Waals surface area (Å²) in [6, 6.07) is 0. The van der Waals surface area contributed by atoms with Crippen LogP contribution in [0.2, 0.25) is 0 Å². The lowest BCUT2D eigenvalue weighted by atomic mass is 10.0. The molecule has 1 N–H and O–H groups in total. The summed E-state index contributed by atoms with van der Waals surface area (Å²) in [6.45, 7) is 4.12. The molecular formula is C39H74O5. The molecule has 0 aromatic rings. The molecule has 5 heteroatoms.